The molecule has 0 heterocycles. The van der Waals surface area contributed by atoms with Gasteiger partial charge in [0.15, 0.2) is 0 Å². The SMILES string of the molecule is C=C(C)c1cccc(NC/C(N)=C/C)c1CCC. The van der Waals surface area contributed by atoms with Crippen LogP contribution in [0.5, 0.6) is 0 Å². The first-order valence-electron chi connectivity index (χ1n) is 6.52. The van der Waals surface area contributed by atoms with Gasteiger partial charge in [0.05, 0.1) is 6.54 Å². The number of benzene rings is 1. The summed E-state index contributed by atoms with van der Waals surface area (Å²) in [6.45, 7) is 10.9. The van der Waals surface area contributed by atoms with Crippen LogP contribution in [0.3, 0.4) is 0 Å². The normalized spacial score (nSPS) is 11.4. The lowest BCUT2D eigenvalue weighted by Gasteiger charge is -2.16. The molecule has 0 spiro atoms. The third-order valence-corrected chi connectivity index (χ3v) is 2.99. The van der Waals surface area contributed by atoms with Crippen molar-refractivity contribution >= 4 is 11.3 Å². The van der Waals surface area contributed by atoms with E-state index in [2.05, 4.69) is 43.9 Å². The van der Waals surface area contributed by atoms with Crippen LogP contribution in [-0.4, -0.2) is 6.54 Å². The summed E-state index contributed by atoms with van der Waals surface area (Å²) in [6, 6.07) is 6.31. The fourth-order valence-electron chi connectivity index (χ4n) is 1.97. The molecule has 2 heteroatoms. The van der Waals surface area contributed by atoms with Crippen LogP contribution in [0, 0.1) is 0 Å². The molecule has 98 valence electrons. The molecule has 0 atom stereocenters. The Labute approximate surface area is 111 Å². The molecule has 0 aliphatic heterocycles. The van der Waals surface area contributed by atoms with Gasteiger partial charge in [-0.15, -0.1) is 0 Å². The first kappa shape index (κ1) is 14.4. The highest BCUT2D eigenvalue weighted by Gasteiger charge is 2.07. The summed E-state index contributed by atoms with van der Waals surface area (Å²) < 4.78 is 0. The van der Waals surface area contributed by atoms with Crippen molar-refractivity contribution in [1.29, 1.82) is 0 Å². The van der Waals surface area contributed by atoms with Gasteiger partial charge in [0, 0.05) is 11.4 Å². The van der Waals surface area contributed by atoms with E-state index in [1.165, 1.54) is 16.8 Å². The van der Waals surface area contributed by atoms with Gasteiger partial charge in [0.2, 0.25) is 0 Å². The average Bonchev–Trinajstić information content (AvgIpc) is 2.36. The quantitative estimate of drug-likeness (QED) is 0.795. The smallest absolute Gasteiger partial charge is 0.0542 e. The minimum absolute atomic E-state index is 0.687. The van der Waals surface area contributed by atoms with Gasteiger partial charge in [-0.25, -0.2) is 0 Å². The second-order valence-electron chi connectivity index (χ2n) is 4.58. The van der Waals surface area contributed by atoms with Gasteiger partial charge in [-0.05, 0) is 37.5 Å². The number of hydrogen-bond acceptors (Lipinski definition) is 2. The van der Waals surface area contributed by atoms with Crippen molar-refractivity contribution in [3.63, 3.8) is 0 Å². The van der Waals surface area contributed by atoms with E-state index in [0.29, 0.717) is 6.54 Å². The Kier molecular flexibility index (Phi) is 5.50. The molecular weight excluding hydrogens is 220 g/mol. The summed E-state index contributed by atoms with van der Waals surface area (Å²) in [4.78, 5) is 0. The predicted octanol–water partition coefficient (Wildman–Crippen LogP) is 3.95. The van der Waals surface area contributed by atoms with Gasteiger partial charge < -0.3 is 11.1 Å². The molecule has 3 N–H and O–H groups in total. The maximum atomic E-state index is 5.82. The van der Waals surface area contributed by atoms with Gasteiger partial charge in [0.1, 0.15) is 0 Å². The molecule has 0 saturated heterocycles. The van der Waals surface area contributed by atoms with Crippen molar-refractivity contribution in [3.05, 3.63) is 47.7 Å². The number of nitrogens with one attached hydrogen (secondary N) is 1. The molecule has 0 fully saturated rings. The van der Waals surface area contributed by atoms with E-state index in [1.54, 1.807) is 0 Å². The molecule has 1 aromatic rings. The molecule has 0 aliphatic rings. The monoisotopic (exact) mass is 244 g/mol. The summed E-state index contributed by atoms with van der Waals surface area (Å²) in [5.41, 5.74) is 11.6. The van der Waals surface area contributed by atoms with Crippen molar-refractivity contribution in [1.82, 2.24) is 0 Å². The van der Waals surface area contributed by atoms with Crippen LogP contribution in [0.15, 0.2) is 36.6 Å². The van der Waals surface area contributed by atoms with Crippen molar-refractivity contribution in [2.45, 2.75) is 33.6 Å². The Hall–Kier alpha value is -1.70. The Morgan fingerprint density at radius 1 is 1.44 bits per heavy atom. The van der Waals surface area contributed by atoms with Gasteiger partial charge >= 0.3 is 0 Å². The lowest BCUT2D eigenvalue weighted by Crippen LogP contribution is -2.13. The molecule has 0 amide bonds. The molecule has 1 aromatic carbocycles. The van der Waals surface area contributed by atoms with Gasteiger partial charge in [-0.1, -0.05) is 43.7 Å². The first-order chi connectivity index (χ1) is 8.60. The van der Waals surface area contributed by atoms with E-state index in [9.17, 15) is 0 Å². The van der Waals surface area contributed by atoms with Crippen molar-refractivity contribution in [2.75, 3.05) is 11.9 Å². The van der Waals surface area contributed by atoms with Crippen LogP contribution < -0.4 is 11.1 Å². The highest BCUT2D eigenvalue weighted by molar-refractivity contribution is 5.71. The molecule has 1 rings (SSSR count). The summed E-state index contributed by atoms with van der Waals surface area (Å²) in [5.74, 6) is 0. The maximum absolute atomic E-state index is 5.82. The number of rotatable bonds is 6. The average molecular weight is 244 g/mol. The van der Waals surface area contributed by atoms with Crippen LogP contribution in [0.4, 0.5) is 5.69 Å². The second kappa shape index (κ2) is 6.90. The Bertz CT molecular complexity index is 444. The zero-order valence-electron chi connectivity index (χ0n) is 11.7. The van der Waals surface area contributed by atoms with Crippen LogP contribution in [0.1, 0.15) is 38.3 Å². The van der Waals surface area contributed by atoms with Crippen LogP contribution >= 0.6 is 0 Å². The van der Waals surface area contributed by atoms with E-state index in [0.717, 1.165) is 24.1 Å². The molecule has 0 saturated carbocycles. The number of anilines is 1. The van der Waals surface area contributed by atoms with Crippen LogP contribution in [0.2, 0.25) is 0 Å². The van der Waals surface area contributed by atoms with E-state index in [4.69, 9.17) is 5.73 Å². The molecule has 0 bridgehead atoms. The third-order valence-electron chi connectivity index (χ3n) is 2.99. The molecular formula is C16H24N2. The van der Waals surface area contributed by atoms with Crippen molar-refractivity contribution in [2.24, 2.45) is 5.73 Å². The number of nitrogens with two attached hydrogens (primary N) is 1. The minimum Gasteiger partial charge on any atom is -0.401 e. The largest absolute Gasteiger partial charge is 0.401 e. The highest BCUT2D eigenvalue weighted by Crippen LogP contribution is 2.26. The zero-order chi connectivity index (χ0) is 13.5. The summed E-state index contributed by atoms with van der Waals surface area (Å²) in [6.07, 6.45) is 4.11. The number of allylic oxidation sites excluding steroid dienone is 2. The van der Waals surface area contributed by atoms with Crippen molar-refractivity contribution in [3.8, 4) is 0 Å². The standard InChI is InChI=1S/C16H24N2/c1-5-8-15-14(12(3)4)9-7-10-16(15)18-11-13(17)6-2/h6-7,9-10,18H,3,5,8,11,17H2,1-2,4H3/b13-6-. The number of hydrogen-bond donors (Lipinski definition) is 2. The Balaban J connectivity index is 3.02. The van der Waals surface area contributed by atoms with Crippen LogP contribution in [-0.2, 0) is 6.42 Å². The van der Waals surface area contributed by atoms with E-state index >= 15 is 0 Å². The van der Waals surface area contributed by atoms with Gasteiger partial charge in [-0.2, -0.15) is 0 Å². The maximum Gasteiger partial charge on any atom is 0.0542 e. The Morgan fingerprint density at radius 3 is 2.72 bits per heavy atom. The molecule has 0 aromatic heterocycles. The fourth-order valence-corrected chi connectivity index (χ4v) is 1.97. The Morgan fingerprint density at radius 2 is 2.17 bits per heavy atom. The molecule has 2 nitrogen and oxygen atoms in total. The topological polar surface area (TPSA) is 38.0 Å². The van der Waals surface area contributed by atoms with E-state index in [-0.39, 0.29) is 0 Å². The minimum atomic E-state index is 0.687. The van der Waals surface area contributed by atoms with E-state index < -0.39 is 0 Å². The van der Waals surface area contributed by atoms with E-state index in [1.807, 2.05) is 13.0 Å². The molecule has 0 unspecified atom stereocenters. The lowest BCUT2D eigenvalue weighted by molar-refractivity contribution is 0.917. The first-order valence-corrected chi connectivity index (χ1v) is 6.52. The second-order valence-corrected chi connectivity index (χ2v) is 4.58. The molecule has 18 heavy (non-hydrogen) atoms. The summed E-state index contributed by atoms with van der Waals surface area (Å²) in [7, 11) is 0. The summed E-state index contributed by atoms with van der Waals surface area (Å²) >= 11 is 0. The van der Waals surface area contributed by atoms with Gasteiger partial charge in [-0.3, -0.25) is 0 Å². The van der Waals surface area contributed by atoms with Gasteiger partial charge in [0.25, 0.3) is 0 Å². The third kappa shape index (κ3) is 3.66. The fraction of sp³-hybridized carbons (Fsp3) is 0.375. The highest BCUT2D eigenvalue weighted by atomic mass is 14.9. The summed E-state index contributed by atoms with van der Waals surface area (Å²) in [5, 5.41) is 3.41. The zero-order valence-corrected chi connectivity index (χ0v) is 11.7. The molecule has 0 aliphatic carbocycles. The van der Waals surface area contributed by atoms with Crippen molar-refractivity contribution < 1.29 is 0 Å². The van der Waals surface area contributed by atoms with Crippen LogP contribution in [0.25, 0.3) is 5.57 Å². The predicted molar refractivity (Wildman–Crippen MR) is 81.6 cm³/mol. The molecule has 0 radical (unpaired) electrons. The lowest BCUT2D eigenvalue weighted by atomic mass is 9.96.